The monoisotopic (exact) mass is 415 g/mol. The van der Waals surface area contributed by atoms with Gasteiger partial charge in [0, 0.05) is 24.5 Å². The molecule has 3 heterocycles. The maximum atomic E-state index is 13.0. The SMILES string of the molecule is CCCCCCNC(=O)c1c(N)n(/N=C\c2cccnc2)c2nc3ccccc3nc12. The molecule has 0 bridgehead atoms. The lowest BCUT2D eigenvalue weighted by Crippen LogP contribution is -2.25. The van der Waals surface area contributed by atoms with Crippen LogP contribution in [0.4, 0.5) is 5.82 Å². The molecule has 1 aromatic carbocycles. The van der Waals surface area contributed by atoms with Gasteiger partial charge in [-0.2, -0.15) is 9.78 Å². The largest absolute Gasteiger partial charge is 0.383 e. The molecule has 8 heteroatoms. The van der Waals surface area contributed by atoms with Crippen molar-refractivity contribution in [1.29, 1.82) is 0 Å². The molecule has 3 N–H and O–H groups in total. The normalized spacial score (nSPS) is 11.5. The van der Waals surface area contributed by atoms with Gasteiger partial charge in [0.15, 0.2) is 5.65 Å². The second kappa shape index (κ2) is 9.34. The Morgan fingerprint density at radius 3 is 2.68 bits per heavy atom. The van der Waals surface area contributed by atoms with Crippen LogP contribution in [0.3, 0.4) is 0 Å². The van der Waals surface area contributed by atoms with Crippen LogP contribution in [-0.2, 0) is 0 Å². The number of carbonyl (C=O) groups is 1. The molecule has 0 fully saturated rings. The third-order valence-corrected chi connectivity index (χ3v) is 5.02. The van der Waals surface area contributed by atoms with E-state index in [9.17, 15) is 4.79 Å². The molecule has 0 aliphatic rings. The fourth-order valence-electron chi connectivity index (χ4n) is 3.41. The van der Waals surface area contributed by atoms with Crippen LogP contribution in [0.5, 0.6) is 0 Å². The molecular weight excluding hydrogens is 390 g/mol. The van der Waals surface area contributed by atoms with Gasteiger partial charge in [-0.3, -0.25) is 9.78 Å². The molecule has 0 aliphatic heterocycles. The van der Waals surface area contributed by atoms with E-state index in [-0.39, 0.29) is 11.7 Å². The number of hydrogen-bond donors (Lipinski definition) is 2. The van der Waals surface area contributed by atoms with Crippen LogP contribution in [0.25, 0.3) is 22.2 Å². The minimum atomic E-state index is -0.265. The number of nitrogens with two attached hydrogens (primary N) is 1. The van der Waals surface area contributed by atoms with Crippen molar-refractivity contribution in [2.75, 3.05) is 12.3 Å². The van der Waals surface area contributed by atoms with Gasteiger partial charge in [-0.15, -0.1) is 0 Å². The van der Waals surface area contributed by atoms with Crippen molar-refractivity contribution >= 4 is 40.1 Å². The van der Waals surface area contributed by atoms with Crippen molar-refractivity contribution in [1.82, 2.24) is 24.9 Å². The Hall–Kier alpha value is -3.81. The molecule has 4 aromatic rings. The molecule has 0 spiro atoms. The lowest BCUT2D eigenvalue weighted by Gasteiger charge is -2.05. The number of fused-ring (bicyclic) bond motifs is 2. The van der Waals surface area contributed by atoms with E-state index in [0.29, 0.717) is 34.3 Å². The Morgan fingerprint density at radius 2 is 1.94 bits per heavy atom. The summed E-state index contributed by atoms with van der Waals surface area (Å²) in [6.07, 6.45) is 9.31. The van der Waals surface area contributed by atoms with Crippen LogP contribution >= 0.6 is 0 Å². The Morgan fingerprint density at radius 1 is 1.13 bits per heavy atom. The summed E-state index contributed by atoms with van der Waals surface area (Å²) in [5.74, 6) is -0.0598. The van der Waals surface area contributed by atoms with Gasteiger partial charge in [0.2, 0.25) is 0 Å². The van der Waals surface area contributed by atoms with Crippen molar-refractivity contribution in [2.45, 2.75) is 32.6 Å². The Balaban J connectivity index is 1.75. The van der Waals surface area contributed by atoms with E-state index in [4.69, 9.17) is 5.73 Å². The predicted octanol–water partition coefficient (Wildman–Crippen LogP) is 3.75. The summed E-state index contributed by atoms with van der Waals surface area (Å²) < 4.78 is 1.47. The summed E-state index contributed by atoms with van der Waals surface area (Å²) in [6.45, 7) is 2.74. The van der Waals surface area contributed by atoms with E-state index in [1.54, 1.807) is 18.6 Å². The number of benzene rings is 1. The highest BCUT2D eigenvalue weighted by atomic mass is 16.1. The molecule has 0 radical (unpaired) electrons. The summed E-state index contributed by atoms with van der Waals surface area (Å²) in [7, 11) is 0. The fourth-order valence-corrected chi connectivity index (χ4v) is 3.41. The summed E-state index contributed by atoms with van der Waals surface area (Å²) in [4.78, 5) is 26.5. The number of aromatic nitrogens is 4. The molecule has 8 nitrogen and oxygen atoms in total. The van der Waals surface area contributed by atoms with E-state index in [2.05, 4.69) is 32.3 Å². The van der Waals surface area contributed by atoms with E-state index in [1.165, 1.54) is 4.68 Å². The van der Waals surface area contributed by atoms with Crippen molar-refractivity contribution < 1.29 is 4.79 Å². The number of amides is 1. The third kappa shape index (κ3) is 4.37. The topological polar surface area (TPSA) is 111 Å². The number of unbranched alkanes of at least 4 members (excludes halogenated alkanes) is 3. The number of anilines is 1. The summed E-state index contributed by atoms with van der Waals surface area (Å²) >= 11 is 0. The molecule has 31 heavy (non-hydrogen) atoms. The summed E-state index contributed by atoms with van der Waals surface area (Å²) in [6, 6.07) is 11.2. The number of nitrogen functional groups attached to an aromatic ring is 1. The van der Waals surface area contributed by atoms with Gasteiger partial charge in [-0.05, 0) is 24.6 Å². The van der Waals surface area contributed by atoms with Gasteiger partial charge in [0.1, 0.15) is 16.9 Å². The van der Waals surface area contributed by atoms with Crippen LogP contribution in [0.1, 0.15) is 48.5 Å². The number of carbonyl (C=O) groups excluding carboxylic acids is 1. The standard InChI is InChI=1S/C23H25N7O/c1-2-3-4-7-13-26-23(31)19-20-22(29-18-11-6-5-10-17(18)28-20)30(21(19)24)27-15-16-9-8-12-25-14-16/h5-6,8-12,14-15H,2-4,7,13,24H2,1H3,(H,26,31)/b27-15-. The first-order valence-electron chi connectivity index (χ1n) is 10.5. The molecule has 0 saturated carbocycles. The highest BCUT2D eigenvalue weighted by molar-refractivity contribution is 6.10. The first kappa shape index (κ1) is 20.5. The minimum Gasteiger partial charge on any atom is -0.383 e. The number of nitrogens with zero attached hydrogens (tertiary/aromatic N) is 5. The smallest absolute Gasteiger partial charge is 0.257 e. The summed E-state index contributed by atoms with van der Waals surface area (Å²) in [5, 5.41) is 7.44. The average Bonchev–Trinajstić information content (AvgIpc) is 3.06. The maximum Gasteiger partial charge on any atom is 0.257 e. The van der Waals surface area contributed by atoms with Crippen LogP contribution in [-0.4, -0.2) is 38.3 Å². The zero-order chi connectivity index (χ0) is 21.6. The first-order chi connectivity index (χ1) is 15.2. The van der Waals surface area contributed by atoms with Gasteiger partial charge in [-0.25, -0.2) is 9.97 Å². The Bertz CT molecular complexity index is 1230. The van der Waals surface area contributed by atoms with Crippen molar-refractivity contribution in [3.05, 3.63) is 59.9 Å². The van der Waals surface area contributed by atoms with Gasteiger partial charge in [-0.1, -0.05) is 44.4 Å². The van der Waals surface area contributed by atoms with E-state index >= 15 is 0 Å². The molecule has 0 unspecified atom stereocenters. The quantitative estimate of drug-likeness (QED) is 0.336. The number of pyridine rings is 1. The highest BCUT2D eigenvalue weighted by Gasteiger charge is 2.23. The predicted molar refractivity (Wildman–Crippen MR) is 123 cm³/mol. The lowest BCUT2D eigenvalue weighted by atomic mass is 10.2. The molecule has 3 aromatic heterocycles. The molecule has 0 aliphatic carbocycles. The van der Waals surface area contributed by atoms with E-state index < -0.39 is 0 Å². The van der Waals surface area contributed by atoms with Crippen LogP contribution in [0.15, 0.2) is 53.9 Å². The van der Waals surface area contributed by atoms with Crippen molar-refractivity contribution in [3.8, 4) is 0 Å². The van der Waals surface area contributed by atoms with Gasteiger partial charge in [0.25, 0.3) is 5.91 Å². The maximum absolute atomic E-state index is 13.0. The molecule has 4 rings (SSSR count). The zero-order valence-corrected chi connectivity index (χ0v) is 17.5. The third-order valence-electron chi connectivity index (χ3n) is 5.02. The molecule has 0 saturated heterocycles. The Labute approximate surface area is 180 Å². The average molecular weight is 416 g/mol. The highest BCUT2D eigenvalue weighted by Crippen LogP contribution is 2.27. The fraction of sp³-hybridized carbons (Fsp3) is 0.261. The molecule has 1 amide bonds. The number of nitrogens with one attached hydrogen (secondary N) is 1. The lowest BCUT2D eigenvalue weighted by molar-refractivity contribution is 0.0955. The van der Waals surface area contributed by atoms with Gasteiger partial charge >= 0.3 is 0 Å². The molecule has 158 valence electrons. The second-order valence-corrected chi connectivity index (χ2v) is 7.30. The van der Waals surface area contributed by atoms with Crippen molar-refractivity contribution in [3.63, 3.8) is 0 Å². The Kier molecular flexibility index (Phi) is 6.16. The minimum absolute atomic E-state index is 0.205. The van der Waals surface area contributed by atoms with Crippen LogP contribution < -0.4 is 11.1 Å². The zero-order valence-electron chi connectivity index (χ0n) is 17.5. The van der Waals surface area contributed by atoms with Crippen LogP contribution in [0.2, 0.25) is 0 Å². The first-order valence-corrected chi connectivity index (χ1v) is 10.5. The van der Waals surface area contributed by atoms with E-state index in [1.807, 2.05) is 36.4 Å². The molecular formula is C23H25N7O. The molecule has 0 atom stereocenters. The van der Waals surface area contributed by atoms with E-state index in [0.717, 1.165) is 31.2 Å². The van der Waals surface area contributed by atoms with Gasteiger partial charge < -0.3 is 11.1 Å². The number of para-hydroxylation sites is 2. The number of rotatable bonds is 8. The summed E-state index contributed by atoms with van der Waals surface area (Å²) in [5.41, 5.74) is 9.77. The van der Waals surface area contributed by atoms with Crippen LogP contribution in [0, 0.1) is 0 Å². The number of hydrogen-bond acceptors (Lipinski definition) is 6. The van der Waals surface area contributed by atoms with Gasteiger partial charge in [0.05, 0.1) is 17.2 Å². The van der Waals surface area contributed by atoms with Crippen molar-refractivity contribution in [2.24, 2.45) is 5.10 Å². The second-order valence-electron chi connectivity index (χ2n) is 7.30.